The van der Waals surface area contributed by atoms with Crippen LogP contribution in [0.2, 0.25) is 0 Å². The van der Waals surface area contributed by atoms with Crippen molar-refractivity contribution in [3.63, 3.8) is 0 Å². The van der Waals surface area contributed by atoms with E-state index in [1.165, 1.54) is 89.1 Å². The van der Waals surface area contributed by atoms with Crippen molar-refractivity contribution in [1.82, 2.24) is 0 Å². The summed E-state index contributed by atoms with van der Waals surface area (Å²) in [5.74, 6) is 0. The van der Waals surface area contributed by atoms with E-state index in [0.717, 1.165) is 16.9 Å². The van der Waals surface area contributed by atoms with Crippen molar-refractivity contribution < 1.29 is 0 Å². The van der Waals surface area contributed by atoms with Crippen LogP contribution in [0.4, 0.5) is 17.1 Å². The minimum Gasteiger partial charge on any atom is -0.309 e. The highest BCUT2D eigenvalue weighted by molar-refractivity contribution is 6.04. The van der Waals surface area contributed by atoms with E-state index in [-0.39, 0.29) is 5.41 Å². The molecule has 0 aliphatic heterocycles. The summed E-state index contributed by atoms with van der Waals surface area (Å²) in [5.41, 5.74) is 23.1. The lowest BCUT2D eigenvalue weighted by Crippen LogP contribution is -2.26. The summed E-state index contributed by atoms with van der Waals surface area (Å²) in [6.07, 6.45) is 3.97. The van der Waals surface area contributed by atoms with E-state index in [2.05, 4.69) is 208 Å². The van der Waals surface area contributed by atoms with Crippen LogP contribution in [0.1, 0.15) is 58.4 Å². The van der Waals surface area contributed by atoms with E-state index in [9.17, 15) is 0 Å². The molecule has 11 rings (SSSR count). The van der Waals surface area contributed by atoms with Gasteiger partial charge >= 0.3 is 0 Å². The number of anilines is 3. The summed E-state index contributed by atoms with van der Waals surface area (Å²) in [7, 11) is 0. The van der Waals surface area contributed by atoms with E-state index in [4.69, 9.17) is 0 Å². The molecule has 270 valence electrons. The Balaban J connectivity index is 1.23. The Morgan fingerprint density at radius 1 is 0.439 bits per heavy atom. The topological polar surface area (TPSA) is 3.24 Å². The Bertz CT molecular complexity index is 2960. The monoisotopic (exact) mass is 727 g/mol. The molecule has 0 fully saturated rings. The molecule has 1 atom stereocenters. The minimum absolute atomic E-state index is 0.203. The zero-order valence-corrected chi connectivity index (χ0v) is 32.3. The number of hydrogen-bond acceptors (Lipinski definition) is 1. The molecule has 1 nitrogen and oxygen atoms in total. The average molecular weight is 728 g/mol. The fourth-order valence-corrected chi connectivity index (χ4v) is 10.7. The molecule has 0 saturated carbocycles. The van der Waals surface area contributed by atoms with Gasteiger partial charge < -0.3 is 4.90 Å². The van der Waals surface area contributed by atoms with E-state index >= 15 is 0 Å². The van der Waals surface area contributed by atoms with Crippen LogP contribution in [0.3, 0.4) is 0 Å². The van der Waals surface area contributed by atoms with Gasteiger partial charge in [-0.25, -0.2) is 0 Å². The first-order chi connectivity index (χ1) is 28.0. The van der Waals surface area contributed by atoms with Gasteiger partial charge in [0.2, 0.25) is 0 Å². The zero-order valence-electron chi connectivity index (χ0n) is 32.3. The highest BCUT2D eigenvalue weighted by atomic mass is 15.1. The molecular formula is C56H41N. The number of nitrogens with zero attached hydrogens (tertiary/aromatic N) is 1. The molecule has 1 unspecified atom stereocenters. The Kier molecular flexibility index (Phi) is 7.19. The lowest BCUT2D eigenvalue weighted by molar-refractivity contribution is 0.659. The van der Waals surface area contributed by atoms with Crippen molar-refractivity contribution in [2.45, 2.75) is 24.7 Å². The molecule has 0 heterocycles. The Morgan fingerprint density at radius 3 is 1.72 bits per heavy atom. The van der Waals surface area contributed by atoms with Crippen molar-refractivity contribution in [2.24, 2.45) is 0 Å². The van der Waals surface area contributed by atoms with Gasteiger partial charge in [-0.15, -0.1) is 0 Å². The van der Waals surface area contributed by atoms with Crippen molar-refractivity contribution in [1.29, 1.82) is 0 Å². The van der Waals surface area contributed by atoms with Gasteiger partial charge in [0.05, 0.1) is 16.8 Å². The Morgan fingerprint density at radius 2 is 1.00 bits per heavy atom. The SMILES string of the molecule is C=Cc1ccc2c(c1)-c1ccccc1C21c2ccccc2-c2c(N(c3ccc(-c4ccccc4)cc3)c3cccc4c3-c3cccc(C=C)c3C4(C)C)cccc21. The smallest absolute Gasteiger partial charge is 0.0726 e. The number of benzene rings is 8. The molecule has 57 heavy (non-hydrogen) atoms. The molecule has 1 heteroatoms. The lowest BCUT2D eigenvalue weighted by Gasteiger charge is -2.32. The summed E-state index contributed by atoms with van der Waals surface area (Å²) >= 11 is 0. The summed E-state index contributed by atoms with van der Waals surface area (Å²) in [4.78, 5) is 2.54. The van der Waals surface area contributed by atoms with Crippen LogP contribution in [-0.2, 0) is 10.8 Å². The van der Waals surface area contributed by atoms with Gasteiger partial charge in [0.25, 0.3) is 0 Å². The van der Waals surface area contributed by atoms with Gasteiger partial charge in [-0.3, -0.25) is 0 Å². The molecule has 0 bridgehead atoms. The minimum atomic E-state index is -0.470. The van der Waals surface area contributed by atoms with E-state index < -0.39 is 5.41 Å². The highest BCUT2D eigenvalue weighted by Gasteiger charge is 2.52. The van der Waals surface area contributed by atoms with Gasteiger partial charge in [-0.2, -0.15) is 0 Å². The van der Waals surface area contributed by atoms with Crippen LogP contribution in [0.25, 0.3) is 56.7 Å². The van der Waals surface area contributed by atoms with Gasteiger partial charge in [0, 0.05) is 22.2 Å². The van der Waals surface area contributed by atoms with Crippen molar-refractivity contribution in [2.75, 3.05) is 4.90 Å². The second-order valence-corrected chi connectivity index (χ2v) is 16.1. The third-order valence-corrected chi connectivity index (χ3v) is 13.0. The molecule has 0 aromatic heterocycles. The van der Waals surface area contributed by atoms with E-state index in [0.29, 0.717) is 0 Å². The average Bonchev–Trinajstić information content (AvgIpc) is 3.83. The molecule has 8 aromatic rings. The predicted molar refractivity (Wildman–Crippen MR) is 241 cm³/mol. The van der Waals surface area contributed by atoms with Gasteiger partial charge in [-0.05, 0) is 108 Å². The summed E-state index contributed by atoms with van der Waals surface area (Å²) in [6.45, 7) is 13.1. The van der Waals surface area contributed by atoms with Crippen molar-refractivity contribution in [3.8, 4) is 44.5 Å². The molecule has 1 spiro atoms. The van der Waals surface area contributed by atoms with Gasteiger partial charge in [-0.1, -0.05) is 185 Å². The summed E-state index contributed by atoms with van der Waals surface area (Å²) < 4.78 is 0. The summed E-state index contributed by atoms with van der Waals surface area (Å²) in [6, 6.07) is 65.4. The maximum absolute atomic E-state index is 4.24. The third kappa shape index (κ3) is 4.46. The predicted octanol–water partition coefficient (Wildman–Crippen LogP) is 14.8. The Labute approximate surface area is 335 Å². The second kappa shape index (κ2) is 12.3. The van der Waals surface area contributed by atoms with Crippen LogP contribution in [0.5, 0.6) is 0 Å². The third-order valence-electron chi connectivity index (χ3n) is 13.0. The van der Waals surface area contributed by atoms with Gasteiger partial charge in [0.15, 0.2) is 0 Å². The van der Waals surface area contributed by atoms with Crippen molar-refractivity contribution in [3.05, 3.63) is 234 Å². The van der Waals surface area contributed by atoms with Crippen LogP contribution in [0.15, 0.2) is 189 Å². The molecular weight excluding hydrogens is 687 g/mol. The molecule has 0 radical (unpaired) electrons. The number of rotatable bonds is 6. The molecule has 3 aliphatic carbocycles. The van der Waals surface area contributed by atoms with Gasteiger partial charge in [0.1, 0.15) is 0 Å². The van der Waals surface area contributed by atoms with Crippen LogP contribution < -0.4 is 4.90 Å². The number of hydrogen-bond donors (Lipinski definition) is 0. The fourth-order valence-electron chi connectivity index (χ4n) is 10.7. The molecule has 0 N–H and O–H groups in total. The molecule has 0 saturated heterocycles. The second-order valence-electron chi connectivity index (χ2n) is 16.1. The van der Waals surface area contributed by atoms with Crippen LogP contribution in [-0.4, -0.2) is 0 Å². The Hall–Kier alpha value is -6.96. The first-order valence-corrected chi connectivity index (χ1v) is 19.9. The molecule has 8 aromatic carbocycles. The normalized spacial score (nSPS) is 15.9. The fraction of sp³-hybridized carbons (Fsp3) is 0.0714. The molecule has 3 aliphatic rings. The molecule has 0 amide bonds. The maximum Gasteiger partial charge on any atom is 0.0726 e. The van der Waals surface area contributed by atoms with Crippen molar-refractivity contribution >= 4 is 29.2 Å². The van der Waals surface area contributed by atoms with E-state index in [1.54, 1.807) is 0 Å². The zero-order chi connectivity index (χ0) is 38.5. The van der Waals surface area contributed by atoms with Crippen LogP contribution in [0, 0.1) is 0 Å². The van der Waals surface area contributed by atoms with Crippen LogP contribution >= 0.6 is 0 Å². The standard InChI is InChI=1S/C56H41N/c1-5-36-29-34-47-44(35-36)41-20-10-12-23-45(41)56(47)46-24-13-11-21-42(46)52-49(56)26-16-28-50(52)57(40-32-30-39(31-33-40)38-17-8-7-9-18-38)51-27-15-25-48-53(51)43-22-14-19-37(6-2)54(43)55(48,3)4/h5-35H,1-2H2,3-4H3. The lowest BCUT2D eigenvalue weighted by atomic mass is 9.70. The highest BCUT2D eigenvalue weighted by Crippen LogP contribution is 2.65. The quantitative estimate of drug-likeness (QED) is 0.165. The largest absolute Gasteiger partial charge is 0.309 e. The van der Waals surface area contributed by atoms with E-state index in [1.807, 2.05) is 12.2 Å². The first kappa shape index (κ1) is 33.4. The summed E-state index contributed by atoms with van der Waals surface area (Å²) in [5, 5.41) is 0. The first-order valence-electron chi connectivity index (χ1n) is 19.9. The maximum atomic E-state index is 4.24. The number of fused-ring (bicyclic) bond motifs is 13.